The molecule has 2 rings (SSSR count). The molecule has 1 amide bonds. The topological polar surface area (TPSA) is 41.1 Å². The number of rotatable bonds is 4. The van der Waals surface area contributed by atoms with Crippen molar-refractivity contribution >= 4 is 11.6 Å². The molecule has 0 bridgehead atoms. The Morgan fingerprint density at radius 3 is 2.52 bits per heavy atom. The molecule has 0 heterocycles. The average molecular weight is 304 g/mol. The Balaban J connectivity index is 1.96. The summed E-state index contributed by atoms with van der Waals surface area (Å²) in [5.74, 6) is -1.45. The third-order valence-corrected chi connectivity index (χ3v) is 3.47. The molecular weight excluding hydrogens is 288 g/mol. The summed E-state index contributed by atoms with van der Waals surface area (Å²) >= 11 is 0. The molecule has 1 aromatic carbocycles. The van der Waals surface area contributed by atoms with Crippen LogP contribution in [0, 0.1) is 5.82 Å². The highest BCUT2D eigenvalue weighted by atomic mass is 19.4. The summed E-state index contributed by atoms with van der Waals surface area (Å²) in [7, 11) is 0. The molecule has 21 heavy (non-hydrogen) atoms. The monoisotopic (exact) mass is 304 g/mol. The molecular formula is C14H16F4N2O. The second kappa shape index (κ2) is 6.43. The molecule has 1 aromatic rings. The molecule has 0 saturated heterocycles. The second-order valence-electron chi connectivity index (χ2n) is 5.10. The number of hydrogen-bond acceptors (Lipinski definition) is 2. The summed E-state index contributed by atoms with van der Waals surface area (Å²) in [5.41, 5.74) is -1.45. The summed E-state index contributed by atoms with van der Waals surface area (Å²) in [5, 5.41) is 5.18. The van der Waals surface area contributed by atoms with E-state index in [2.05, 4.69) is 10.6 Å². The summed E-state index contributed by atoms with van der Waals surface area (Å²) < 4.78 is 51.1. The first kappa shape index (κ1) is 15.8. The van der Waals surface area contributed by atoms with E-state index in [9.17, 15) is 22.4 Å². The van der Waals surface area contributed by atoms with E-state index in [1.54, 1.807) is 0 Å². The first-order valence-corrected chi connectivity index (χ1v) is 6.76. The fraction of sp³-hybridized carbons (Fsp3) is 0.500. The Hall–Kier alpha value is -1.63. The van der Waals surface area contributed by atoms with Crippen molar-refractivity contribution in [3.8, 4) is 0 Å². The molecule has 0 aliphatic heterocycles. The van der Waals surface area contributed by atoms with Gasteiger partial charge in [0.2, 0.25) is 5.91 Å². The van der Waals surface area contributed by atoms with Gasteiger partial charge in [0.25, 0.3) is 0 Å². The van der Waals surface area contributed by atoms with E-state index in [4.69, 9.17) is 0 Å². The van der Waals surface area contributed by atoms with Crippen molar-refractivity contribution in [1.82, 2.24) is 5.32 Å². The molecule has 1 saturated carbocycles. The lowest BCUT2D eigenvalue weighted by atomic mass is 10.2. The maximum Gasteiger partial charge on any atom is 0.416 e. The maximum absolute atomic E-state index is 13.5. The molecule has 0 aromatic heterocycles. The predicted molar refractivity (Wildman–Crippen MR) is 70.3 cm³/mol. The third kappa shape index (κ3) is 4.42. The zero-order chi connectivity index (χ0) is 15.5. The summed E-state index contributed by atoms with van der Waals surface area (Å²) in [6.45, 7) is -0.0413. The normalized spacial score (nSPS) is 16.2. The van der Waals surface area contributed by atoms with E-state index in [1.807, 2.05) is 0 Å². The first-order valence-electron chi connectivity index (χ1n) is 6.76. The Kier molecular flexibility index (Phi) is 4.82. The van der Waals surface area contributed by atoms with E-state index in [1.165, 1.54) is 0 Å². The quantitative estimate of drug-likeness (QED) is 0.838. The maximum atomic E-state index is 13.5. The minimum atomic E-state index is -4.57. The van der Waals surface area contributed by atoms with Crippen molar-refractivity contribution in [2.24, 2.45) is 0 Å². The van der Waals surface area contributed by atoms with Gasteiger partial charge >= 0.3 is 6.18 Å². The largest absolute Gasteiger partial charge is 0.416 e. The van der Waals surface area contributed by atoms with Crippen LogP contribution in [0.1, 0.15) is 31.2 Å². The number of carbonyl (C=O) groups is 1. The van der Waals surface area contributed by atoms with Crippen molar-refractivity contribution < 1.29 is 22.4 Å². The number of anilines is 1. The molecule has 0 spiro atoms. The molecule has 0 unspecified atom stereocenters. The Bertz CT molecular complexity index is 510. The fourth-order valence-electron chi connectivity index (χ4n) is 2.36. The van der Waals surface area contributed by atoms with E-state index < -0.39 is 29.2 Å². The SMILES string of the molecule is O=C(CNC1CCCC1)Nc1cc(C(F)(F)F)ccc1F. The number of carbonyl (C=O) groups excluding carboxylic acids is 1. The van der Waals surface area contributed by atoms with Crippen LogP contribution in [0.4, 0.5) is 23.2 Å². The number of hydrogen-bond donors (Lipinski definition) is 2. The standard InChI is InChI=1S/C14H16F4N2O/c15-11-6-5-9(14(16,17)18)7-12(11)20-13(21)8-19-10-3-1-2-4-10/h5-7,10,19H,1-4,8H2,(H,20,21). The molecule has 7 heteroatoms. The van der Waals surface area contributed by atoms with Crippen molar-refractivity contribution in [2.75, 3.05) is 11.9 Å². The number of alkyl halides is 3. The molecule has 116 valence electrons. The van der Waals surface area contributed by atoms with Crippen LogP contribution < -0.4 is 10.6 Å². The Labute approximate surface area is 119 Å². The van der Waals surface area contributed by atoms with Gasteiger partial charge < -0.3 is 10.6 Å². The highest BCUT2D eigenvalue weighted by molar-refractivity contribution is 5.92. The number of amides is 1. The van der Waals surface area contributed by atoms with Crippen LogP contribution in [0.15, 0.2) is 18.2 Å². The van der Waals surface area contributed by atoms with Crippen molar-refractivity contribution in [3.63, 3.8) is 0 Å². The van der Waals surface area contributed by atoms with Crippen molar-refractivity contribution in [2.45, 2.75) is 37.9 Å². The van der Waals surface area contributed by atoms with Crippen molar-refractivity contribution in [3.05, 3.63) is 29.6 Å². The first-order chi connectivity index (χ1) is 9.86. The molecule has 1 fully saturated rings. The van der Waals surface area contributed by atoms with Gasteiger partial charge in [-0.2, -0.15) is 13.2 Å². The van der Waals surface area contributed by atoms with E-state index in [-0.39, 0.29) is 12.6 Å². The van der Waals surface area contributed by atoms with Gasteiger partial charge in [0.1, 0.15) is 5.82 Å². The van der Waals surface area contributed by atoms with Gasteiger partial charge in [0.05, 0.1) is 17.8 Å². The molecule has 0 atom stereocenters. The van der Waals surface area contributed by atoms with Gasteiger partial charge in [0.15, 0.2) is 0 Å². The van der Waals surface area contributed by atoms with Crippen molar-refractivity contribution in [1.29, 1.82) is 0 Å². The summed E-state index contributed by atoms with van der Waals surface area (Å²) in [6.07, 6.45) is -0.422. The lowest BCUT2D eigenvalue weighted by Crippen LogP contribution is -2.34. The van der Waals surface area contributed by atoms with Gasteiger partial charge in [-0.1, -0.05) is 12.8 Å². The van der Waals surface area contributed by atoms with E-state index in [0.29, 0.717) is 18.2 Å². The smallest absolute Gasteiger partial charge is 0.322 e. The number of nitrogens with one attached hydrogen (secondary N) is 2. The van der Waals surface area contributed by atoms with Gasteiger partial charge in [-0.25, -0.2) is 4.39 Å². The molecule has 3 nitrogen and oxygen atoms in total. The minimum absolute atomic E-state index is 0.0413. The number of benzene rings is 1. The van der Waals surface area contributed by atoms with E-state index in [0.717, 1.165) is 25.7 Å². The molecule has 1 aliphatic carbocycles. The van der Waals surface area contributed by atoms with Gasteiger partial charge in [0, 0.05) is 6.04 Å². The molecule has 2 N–H and O–H groups in total. The average Bonchev–Trinajstić information content (AvgIpc) is 2.91. The van der Waals surface area contributed by atoms with Gasteiger partial charge in [-0.3, -0.25) is 4.79 Å². The van der Waals surface area contributed by atoms with Gasteiger partial charge in [-0.15, -0.1) is 0 Å². The van der Waals surface area contributed by atoms with Crippen LogP contribution >= 0.6 is 0 Å². The highest BCUT2D eigenvalue weighted by Crippen LogP contribution is 2.31. The Morgan fingerprint density at radius 2 is 1.90 bits per heavy atom. The van der Waals surface area contributed by atoms with E-state index >= 15 is 0 Å². The lowest BCUT2D eigenvalue weighted by molar-refractivity contribution is -0.137. The summed E-state index contributed by atoms with van der Waals surface area (Å²) in [6, 6.07) is 2.19. The van der Waals surface area contributed by atoms with Crippen LogP contribution in [0.3, 0.4) is 0 Å². The van der Waals surface area contributed by atoms with Crippen LogP contribution in [0.5, 0.6) is 0 Å². The fourth-order valence-corrected chi connectivity index (χ4v) is 2.36. The van der Waals surface area contributed by atoms with Crippen LogP contribution in [0.25, 0.3) is 0 Å². The Morgan fingerprint density at radius 1 is 1.24 bits per heavy atom. The predicted octanol–water partition coefficient (Wildman–Crippen LogP) is 3.32. The zero-order valence-electron chi connectivity index (χ0n) is 11.3. The lowest BCUT2D eigenvalue weighted by Gasteiger charge is -2.13. The second-order valence-corrected chi connectivity index (χ2v) is 5.10. The number of halogens is 4. The van der Waals surface area contributed by atoms with Crippen LogP contribution in [0.2, 0.25) is 0 Å². The minimum Gasteiger partial charge on any atom is -0.322 e. The van der Waals surface area contributed by atoms with Crippen LogP contribution in [-0.4, -0.2) is 18.5 Å². The van der Waals surface area contributed by atoms with Crippen LogP contribution in [-0.2, 0) is 11.0 Å². The summed E-state index contributed by atoms with van der Waals surface area (Å²) in [4.78, 5) is 11.7. The highest BCUT2D eigenvalue weighted by Gasteiger charge is 2.31. The third-order valence-electron chi connectivity index (χ3n) is 3.47. The zero-order valence-corrected chi connectivity index (χ0v) is 11.3. The molecule has 0 radical (unpaired) electrons. The van der Waals surface area contributed by atoms with Gasteiger partial charge in [-0.05, 0) is 31.0 Å². The molecule has 1 aliphatic rings.